The molecule has 2 atom stereocenters. The van der Waals surface area contributed by atoms with Gasteiger partial charge in [-0.15, -0.1) is 10.2 Å². The molecule has 0 radical (unpaired) electrons. The quantitative estimate of drug-likeness (QED) is 0.800. The Morgan fingerprint density at radius 3 is 2.32 bits per heavy atom. The van der Waals surface area contributed by atoms with Crippen molar-refractivity contribution in [2.45, 2.75) is 25.9 Å². The number of hydrogen-bond donors (Lipinski definition) is 0. The predicted molar refractivity (Wildman–Crippen MR) is 82.0 cm³/mol. The van der Waals surface area contributed by atoms with Gasteiger partial charge in [0.05, 0.1) is 38.2 Å². The molecular formula is C15H21N5O2. The summed E-state index contributed by atoms with van der Waals surface area (Å²) in [5.74, 6) is 0.809. The Bertz CT molecular complexity index is 574. The van der Waals surface area contributed by atoms with Gasteiger partial charge in [0.1, 0.15) is 6.07 Å². The van der Waals surface area contributed by atoms with E-state index in [0.717, 1.165) is 24.6 Å². The van der Waals surface area contributed by atoms with E-state index < -0.39 is 0 Å². The van der Waals surface area contributed by atoms with Crippen LogP contribution in [0.15, 0.2) is 6.07 Å². The van der Waals surface area contributed by atoms with Gasteiger partial charge in [-0.1, -0.05) is 0 Å². The molecule has 2 saturated heterocycles. The number of ether oxygens (including phenoxy) is 2. The molecule has 2 aliphatic heterocycles. The minimum atomic E-state index is 0.222. The van der Waals surface area contributed by atoms with E-state index in [1.165, 1.54) is 0 Å². The molecule has 2 aliphatic rings. The lowest BCUT2D eigenvalue weighted by Crippen LogP contribution is -2.46. The highest BCUT2D eigenvalue weighted by Gasteiger charge is 2.26. The van der Waals surface area contributed by atoms with E-state index >= 15 is 0 Å². The SMILES string of the molecule is C[C@@H]1COCCN1c1cc(N2CCOC[C@H]2C)c(C#N)nn1. The van der Waals surface area contributed by atoms with E-state index in [1.54, 1.807) is 0 Å². The summed E-state index contributed by atoms with van der Waals surface area (Å²) in [4.78, 5) is 4.37. The summed E-state index contributed by atoms with van der Waals surface area (Å²) in [6.07, 6.45) is 0. The minimum absolute atomic E-state index is 0.222. The fourth-order valence-electron chi connectivity index (χ4n) is 2.96. The Balaban J connectivity index is 1.94. The number of rotatable bonds is 2. The van der Waals surface area contributed by atoms with E-state index in [1.807, 2.05) is 6.07 Å². The maximum absolute atomic E-state index is 9.34. The van der Waals surface area contributed by atoms with Crippen LogP contribution in [-0.4, -0.2) is 61.8 Å². The summed E-state index contributed by atoms with van der Waals surface area (Å²) in [6, 6.07) is 4.61. The van der Waals surface area contributed by atoms with Crippen molar-refractivity contribution in [3.05, 3.63) is 11.8 Å². The van der Waals surface area contributed by atoms with Crippen LogP contribution < -0.4 is 9.80 Å². The molecule has 7 heteroatoms. The lowest BCUT2D eigenvalue weighted by molar-refractivity contribution is 0.0979. The molecule has 3 heterocycles. The molecule has 0 aromatic carbocycles. The Labute approximate surface area is 130 Å². The molecule has 7 nitrogen and oxygen atoms in total. The number of aromatic nitrogens is 2. The zero-order chi connectivity index (χ0) is 15.5. The molecule has 22 heavy (non-hydrogen) atoms. The molecule has 0 aliphatic carbocycles. The highest BCUT2D eigenvalue weighted by Crippen LogP contribution is 2.27. The lowest BCUT2D eigenvalue weighted by Gasteiger charge is -2.37. The molecule has 0 saturated carbocycles. The fraction of sp³-hybridized carbons (Fsp3) is 0.667. The van der Waals surface area contributed by atoms with Crippen LogP contribution in [0.2, 0.25) is 0 Å². The van der Waals surface area contributed by atoms with Gasteiger partial charge in [-0.2, -0.15) is 5.26 Å². The highest BCUT2D eigenvalue weighted by atomic mass is 16.5. The third-order valence-corrected chi connectivity index (χ3v) is 4.21. The fourth-order valence-corrected chi connectivity index (χ4v) is 2.96. The van der Waals surface area contributed by atoms with Crippen molar-refractivity contribution < 1.29 is 9.47 Å². The van der Waals surface area contributed by atoms with Crippen LogP contribution in [0.5, 0.6) is 0 Å². The Kier molecular flexibility index (Phi) is 4.41. The maximum Gasteiger partial charge on any atom is 0.186 e. The van der Waals surface area contributed by atoms with Gasteiger partial charge in [0.15, 0.2) is 11.5 Å². The predicted octanol–water partition coefficient (Wildman–Crippen LogP) is 0.798. The first-order valence-electron chi connectivity index (χ1n) is 7.67. The van der Waals surface area contributed by atoms with Gasteiger partial charge in [-0.3, -0.25) is 0 Å². The summed E-state index contributed by atoms with van der Waals surface area (Å²) in [6.45, 7) is 8.46. The number of morpholine rings is 2. The average Bonchev–Trinajstić information content (AvgIpc) is 2.55. The average molecular weight is 303 g/mol. The number of hydrogen-bond acceptors (Lipinski definition) is 7. The van der Waals surface area contributed by atoms with E-state index in [0.29, 0.717) is 32.1 Å². The molecule has 3 rings (SSSR count). The van der Waals surface area contributed by atoms with Crippen LogP contribution in [0.4, 0.5) is 11.5 Å². The topological polar surface area (TPSA) is 74.5 Å². The molecular weight excluding hydrogens is 282 g/mol. The van der Waals surface area contributed by atoms with Crippen molar-refractivity contribution in [1.29, 1.82) is 5.26 Å². The third-order valence-electron chi connectivity index (χ3n) is 4.21. The van der Waals surface area contributed by atoms with Crippen molar-refractivity contribution in [2.75, 3.05) is 49.3 Å². The van der Waals surface area contributed by atoms with E-state index in [4.69, 9.17) is 9.47 Å². The summed E-state index contributed by atoms with van der Waals surface area (Å²) >= 11 is 0. The van der Waals surface area contributed by atoms with Crippen molar-refractivity contribution in [3.63, 3.8) is 0 Å². The van der Waals surface area contributed by atoms with Crippen molar-refractivity contribution >= 4 is 11.5 Å². The molecule has 0 bridgehead atoms. The molecule has 1 aromatic rings. The van der Waals surface area contributed by atoms with Gasteiger partial charge in [-0.25, -0.2) is 0 Å². The van der Waals surface area contributed by atoms with Crippen LogP contribution in [0.25, 0.3) is 0 Å². The van der Waals surface area contributed by atoms with Crippen LogP contribution in [0.3, 0.4) is 0 Å². The molecule has 118 valence electrons. The second-order valence-corrected chi connectivity index (χ2v) is 5.78. The molecule has 0 spiro atoms. The second-order valence-electron chi connectivity index (χ2n) is 5.78. The Morgan fingerprint density at radius 2 is 1.73 bits per heavy atom. The Morgan fingerprint density at radius 1 is 1.09 bits per heavy atom. The largest absolute Gasteiger partial charge is 0.377 e. The van der Waals surface area contributed by atoms with Crippen LogP contribution >= 0.6 is 0 Å². The van der Waals surface area contributed by atoms with E-state index in [2.05, 4.69) is 39.9 Å². The summed E-state index contributed by atoms with van der Waals surface area (Å²) in [7, 11) is 0. The van der Waals surface area contributed by atoms with Crippen molar-refractivity contribution in [2.24, 2.45) is 0 Å². The number of nitriles is 1. The molecule has 1 aromatic heterocycles. The van der Waals surface area contributed by atoms with Gasteiger partial charge in [0.2, 0.25) is 0 Å². The first-order valence-corrected chi connectivity index (χ1v) is 7.67. The van der Waals surface area contributed by atoms with Crippen molar-refractivity contribution in [1.82, 2.24) is 10.2 Å². The molecule has 0 N–H and O–H groups in total. The van der Waals surface area contributed by atoms with Gasteiger partial charge < -0.3 is 19.3 Å². The summed E-state index contributed by atoms with van der Waals surface area (Å²) in [5, 5.41) is 17.7. The van der Waals surface area contributed by atoms with Crippen LogP contribution in [0, 0.1) is 11.3 Å². The standard InChI is InChI=1S/C15H21N5O2/c1-11-9-21-5-3-19(11)14-7-15(18-17-13(14)8-16)20-4-6-22-10-12(20)2/h7,11-12H,3-6,9-10H2,1-2H3/t11-,12-/m1/s1. The van der Waals surface area contributed by atoms with Crippen molar-refractivity contribution in [3.8, 4) is 6.07 Å². The van der Waals surface area contributed by atoms with Gasteiger partial charge in [0.25, 0.3) is 0 Å². The van der Waals surface area contributed by atoms with E-state index in [-0.39, 0.29) is 12.1 Å². The number of nitrogens with zero attached hydrogens (tertiary/aromatic N) is 5. The van der Waals surface area contributed by atoms with Crippen LogP contribution in [0.1, 0.15) is 19.5 Å². The van der Waals surface area contributed by atoms with Gasteiger partial charge in [-0.05, 0) is 13.8 Å². The maximum atomic E-state index is 9.34. The third kappa shape index (κ3) is 2.85. The smallest absolute Gasteiger partial charge is 0.186 e. The first-order chi connectivity index (χ1) is 10.7. The monoisotopic (exact) mass is 303 g/mol. The second kappa shape index (κ2) is 6.46. The van der Waals surface area contributed by atoms with Gasteiger partial charge in [0, 0.05) is 25.2 Å². The minimum Gasteiger partial charge on any atom is -0.377 e. The van der Waals surface area contributed by atoms with E-state index in [9.17, 15) is 5.26 Å². The normalized spacial score (nSPS) is 25.9. The zero-order valence-corrected chi connectivity index (χ0v) is 13.0. The first kappa shape index (κ1) is 15.0. The van der Waals surface area contributed by atoms with Gasteiger partial charge >= 0.3 is 0 Å². The molecule has 0 amide bonds. The Hall–Kier alpha value is -1.91. The van der Waals surface area contributed by atoms with Crippen LogP contribution in [-0.2, 0) is 9.47 Å². The summed E-state index contributed by atoms with van der Waals surface area (Å²) < 4.78 is 11.0. The molecule has 0 unspecified atom stereocenters. The lowest BCUT2D eigenvalue weighted by atomic mass is 10.2. The molecule has 2 fully saturated rings. The zero-order valence-electron chi connectivity index (χ0n) is 13.0. The number of anilines is 2. The highest BCUT2D eigenvalue weighted by molar-refractivity contribution is 5.62. The summed E-state index contributed by atoms with van der Waals surface area (Å²) in [5.41, 5.74) is 1.22.